The normalized spacial score (nSPS) is 11.0. The minimum atomic E-state index is 0.740. The van der Waals surface area contributed by atoms with Gasteiger partial charge in [-0.1, -0.05) is 24.3 Å². The molecule has 108 valence electrons. The zero-order valence-electron chi connectivity index (χ0n) is 12.4. The van der Waals surface area contributed by atoms with Crippen LogP contribution in [-0.2, 0) is 13.1 Å². The average molecular weight is 280 g/mol. The van der Waals surface area contributed by atoms with Crippen LogP contribution in [-0.4, -0.2) is 24.1 Å². The van der Waals surface area contributed by atoms with Crippen molar-refractivity contribution in [3.63, 3.8) is 0 Å². The lowest BCUT2D eigenvalue weighted by atomic mass is 10.2. The van der Waals surface area contributed by atoms with Gasteiger partial charge in [0.15, 0.2) is 0 Å². The molecule has 0 radical (unpaired) electrons. The standard InChI is InChI=1S/C17H20N4/c1-21(2)14-9-7-13(8-10-14)11-18-12-17-19-15-5-3-4-6-16(15)20-17/h3-10,18H,11-12H2,1-2H3,(H,19,20). The molecule has 0 aliphatic carbocycles. The fourth-order valence-electron chi connectivity index (χ4n) is 2.33. The van der Waals surface area contributed by atoms with Crippen molar-refractivity contribution in [1.82, 2.24) is 15.3 Å². The van der Waals surface area contributed by atoms with Crippen molar-refractivity contribution >= 4 is 16.7 Å². The van der Waals surface area contributed by atoms with Crippen LogP contribution in [0.2, 0.25) is 0 Å². The molecule has 4 heteroatoms. The van der Waals surface area contributed by atoms with Crippen LogP contribution < -0.4 is 10.2 Å². The molecule has 21 heavy (non-hydrogen) atoms. The van der Waals surface area contributed by atoms with Crippen LogP contribution in [0.5, 0.6) is 0 Å². The molecule has 4 nitrogen and oxygen atoms in total. The molecule has 0 fully saturated rings. The number of H-pyrrole nitrogens is 1. The molecule has 0 atom stereocenters. The van der Waals surface area contributed by atoms with Crippen LogP contribution in [0.25, 0.3) is 11.0 Å². The minimum Gasteiger partial charge on any atom is -0.378 e. The molecule has 1 heterocycles. The van der Waals surface area contributed by atoms with Crippen molar-refractivity contribution in [2.75, 3.05) is 19.0 Å². The molecule has 3 rings (SSSR count). The van der Waals surface area contributed by atoms with Crippen molar-refractivity contribution < 1.29 is 0 Å². The SMILES string of the molecule is CN(C)c1ccc(CNCc2nc3ccccc3[nH]2)cc1. The number of benzene rings is 2. The first-order valence-electron chi connectivity index (χ1n) is 7.13. The molecule has 0 amide bonds. The zero-order chi connectivity index (χ0) is 14.7. The van der Waals surface area contributed by atoms with E-state index in [9.17, 15) is 0 Å². The summed E-state index contributed by atoms with van der Waals surface area (Å²) in [5.74, 6) is 0.973. The van der Waals surface area contributed by atoms with E-state index in [-0.39, 0.29) is 0 Å². The summed E-state index contributed by atoms with van der Waals surface area (Å²) in [5, 5.41) is 3.42. The number of para-hydroxylation sites is 2. The van der Waals surface area contributed by atoms with Gasteiger partial charge in [0, 0.05) is 26.3 Å². The lowest BCUT2D eigenvalue weighted by Crippen LogP contribution is -2.14. The molecular formula is C17H20N4. The lowest BCUT2D eigenvalue weighted by molar-refractivity contribution is 0.670. The van der Waals surface area contributed by atoms with Gasteiger partial charge in [-0.15, -0.1) is 0 Å². The highest BCUT2D eigenvalue weighted by atomic mass is 15.1. The Balaban J connectivity index is 1.58. The van der Waals surface area contributed by atoms with E-state index in [1.165, 1.54) is 11.3 Å². The number of imidazole rings is 1. The number of hydrogen-bond acceptors (Lipinski definition) is 3. The van der Waals surface area contributed by atoms with E-state index in [0.29, 0.717) is 0 Å². The predicted octanol–water partition coefficient (Wildman–Crippen LogP) is 2.92. The molecule has 0 unspecified atom stereocenters. The Hall–Kier alpha value is -2.33. The monoisotopic (exact) mass is 280 g/mol. The van der Waals surface area contributed by atoms with E-state index in [4.69, 9.17) is 0 Å². The van der Waals surface area contributed by atoms with Crippen molar-refractivity contribution in [1.29, 1.82) is 0 Å². The Labute approximate surface area is 124 Å². The van der Waals surface area contributed by atoms with Gasteiger partial charge in [-0.25, -0.2) is 4.98 Å². The van der Waals surface area contributed by atoms with Gasteiger partial charge in [0.1, 0.15) is 5.82 Å². The molecular weight excluding hydrogens is 260 g/mol. The number of nitrogens with zero attached hydrogens (tertiary/aromatic N) is 2. The Morgan fingerprint density at radius 3 is 2.48 bits per heavy atom. The first-order valence-corrected chi connectivity index (χ1v) is 7.13. The van der Waals surface area contributed by atoms with Crippen LogP contribution in [0, 0.1) is 0 Å². The second-order valence-corrected chi connectivity index (χ2v) is 5.37. The minimum absolute atomic E-state index is 0.740. The molecule has 0 bridgehead atoms. The summed E-state index contributed by atoms with van der Waals surface area (Å²) in [6, 6.07) is 16.7. The molecule has 1 aromatic heterocycles. The first kappa shape index (κ1) is 13.6. The van der Waals surface area contributed by atoms with Crippen molar-refractivity contribution in [3.05, 3.63) is 59.9 Å². The number of anilines is 1. The topological polar surface area (TPSA) is 44.0 Å². The van der Waals surface area contributed by atoms with E-state index in [1.54, 1.807) is 0 Å². The maximum atomic E-state index is 4.56. The number of rotatable bonds is 5. The fraction of sp³-hybridized carbons (Fsp3) is 0.235. The summed E-state index contributed by atoms with van der Waals surface area (Å²) < 4.78 is 0. The maximum Gasteiger partial charge on any atom is 0.121 e. The Kier molecular flexibility index (Phi) is 3.88. The van der Waals surface area contributed by atoms with Gasteiger partial charge < -0.3 is 15.2 Å². The summed E-state index contributed by atoms with van der Waals surface area (Å²) in [6.07, 6.45) is 0. The number of nitrogens with one attached hydrogen (secondary N) is 2. The largest absolute Gasteiger partial charge is 0.378 e. The smallest absolute Gasteiger partial charge is 0.121 e. The Bertz CT molecular complexity index is 680. The summed E-state index contributed by atoms with van der Waals surface area (Å²) in [7, 11) is 4.10. The molecule has 2 N–H and O–H groups in total. The van der Waals surface area contributed by atoms with Crippen molar-refractivity contribution in [2.45, 2.75) is 13.1 Å². The third-order valence-corrected chi connectivity index (χ3v) is 3.51. The van der Waals surface area contributed by atoms with Crippen LogP contribution in [0.15, 0.2) is 48.5 Å². The molecule has 2 aromatic carbocycles. The quantitative estimate of drug-likeness (QED) is 0.755. The molecule has 0 saturated carbocycles. The van der Waals surface area contributed by atoms with E-state index in [0.717, 1.165) is 29.9 Å². The van der Waals surface area contributed by atoms with Gasteiger partial charge in [0.05, 0.1) is 17.6 Å². The molecule has 3 aromatic rings. The third kappa shape index (κ3) is 3.23. The Morgan fingerprint density at radius 2 is 1.76 bits per heavy atom. The highest BCUT2D eigenvalue weighted by Crippen LogP contribution is 2.13. The van der Waals surface area contributed by atoms with Crippen LogP contribution in [0.4, 0.5) is 5.69 Å². The average Bonchev–Trinajstić information content (AvgIpc) is 2.90. The van der Waals surface area contributed by atoms with E-state index in [2.05, 4.69) is 58.5 Å². The highest BCUT2D eigenvalue weighted by Gasteiger charge is 2.01. The molecule has 0 aliphatic heterocycles. The predicted molar refractivity (Wildman–Crippen MR) is 87.4 cm³/mol. The van der Waals surface area contributed by atoms with Crippen molar-refractivity contribution in [3.8, 4) is 0 Å². The van der Waals surface area contributed by atoms with Crippen LogP contribution in [0.3, 0.4) is 0 Å². The van der Waals surface area contributed by atoms with Gasteiger partial charge in [-0.3, -0.25) is 0 Å². The second kappa shape index (κ2) is 5.97. The third-order valence-electron chi connectivity index (χ3n) is 3.51. The van der Waals surface area contributed by atoms with Gasteiger partial charge in [-0.05, 0) is 29.8 Å². The fourth-order valence-corrected chi connectivity index (χ4v) is 2.33. The number of aromatic amines is 1. The molecule has 0 saturated heterocycles. The number of hydrogen-bond donors (Lipinski definition) is 2. The molecule has 0 aliphatic rings. The van der Waals surface area contributed by atoms with E-state index >= 15 is 0 Å². The van der Waals surface area contributed by atoms with Crippen LogP contribution >= 0.6 is 0 Å². The lowest BCUT2D eigenvalue weighted by Gasteiger charge is -2.12. The van der Waals surface area contributed by atoms with Crippen LogP contribution in [0.1, 0.15) is 11.4 Å². The summed E-state index contributed by atoms with van der Waals surface area (Å²) in [5.41, 5.74) is 4.60. The van der Waals surface area contributed by atoms with E-state index in [1.807, 2.05) is 24.3 Å². The summed E-state index contributed by atoms with van der Waals surface area (Å²) >= 11 is 0. The van der Waals surface area contributed by atoms with Gasteiger partial charge >= 0.3 is 0 Å². The Morgan fingerprint density at radius 1 is 1.00 bits per heavy atom. The second-order valence-electron chi connectivity index (χ2n) is 5.37. The van der Waals surface area contributed by atoms with Gasteiger partial charge in [0.2, 0.25) is 0 Å². The highest BCUT2D eigenvalue weighted by molar-refractivity contribution is 5.74. The number of fused-ring (bicyclic) bond motifs is 1. The van der Waals surface area contributed by atoms with E-state index < -0.39 is 0 Å². The number of aromatic nitrogens is 2. The van der Waals surface area contributed by atoms with Gasteiger partial charge in [0.25, 0.3) is 0 Å². The maximum absolute atomic E-state index is 4.56. The van der Waals surface area contributed by atoms with Gasteiger partial charge in [-0.2, -0.15) is 0 Å². The summed E-state index contributed by atoms with van der Waals surface area (Å²) in [6.45, 7) is 1.58. The summed E-state index contributed by atoms with van der Waals surface area (Å²) in [4.78, 5) is 9.98. The van der Waals surface area contributed by atoms with Crippen molar-refractivity contribution in [2.24, 2.45) is 0 Å². The zero-order valence-corrected chi connectivity index (χ0v) is 12.4. The first-order chi connectivity index (χ1) is 10.2. The molecule has 0 spiro atoms.